The number of nitrogens with zero attached hydrogens (tertiary/aromatic N) is 1. The molecular formula is C49H98N2O9. The van der Waals surface area contributed by atoms with E-state index >= 15 is 0 Å². The Balaban J connectivity index is 2.46. The molecule has 0 aromatic carbocycles. The minimum absolute atomic E-state index is 0.255. The minimum Gasteiger partial charge on any atom is -0.394 e. The summed E-state index contributed by atoms with van der Waals surface area (Å²) in [6.07, 6.45) is 27.5. The molecule has 0 radical (unpaired) electrons. The second-order valence-electron chi connectivity index (χ2n) is 18.2. The van der Waals surface area contributed by atoms with E-state index in [0.717, 1.165) is 51.4 Å². The van der Waals surface area contributed by atoms with Crippen LogP contribution in [0.4, 0.5) is 0 Å². The van der Waals surface area contributed by atoms with Gasteiger partial charge in [0, 0.05) is 6.42 Å². The molecule has 1 fully saturated rings. The molecule has 1 aliphatic heterocycles. The first-order valence-electron chi connectivity index (χ1n) is 25.5. The van der Waals surface area contributed by atoms with E-state index < -0.39 is 55.6 Å². The third kappa shape index (κ3) is 28.7. The molecule has 11 nitrogen and oxygen atoms in total. The summed E-state index contributed by atoms with van der Waals surface area (Å²) in [7, 11) is 0. The molecule has 8 atom stereocenters. The highest BCUT2D eigenvalue weighted by Crippen LogP contribution is 2.23. The summed E-state index contributed by atoms with van der Waals surface area (Å²) in [5.41, 5.74) is 0. The fourth-order valence-corrected chi connectivity index (χ4v) is 8.44. The van der Waals surface area contributed by atoms with Gasteiger partial charge in [-0.15, -0.1) is 0 Å². The summed E-state index contributed by atoms with van der Waals surface area (Å²) in [5, 5.41) is 65.4. The summed E-state index contributed by atoms with van der Waals surface area (Å²) in [6.45, 7) is 9.60. The van der Waals surface area contributed by atoms with Crippen LogP contribution in [0.15, 0.2) is 0 Å². The van der Waals surface area contributed by atoms with Crippen molar-refractivity contribution in [3.63, 3.8) is 0 Å². The lowest BCUT2D eigenvalue weighted by Crippen LogP contribution is -2.60. The maximum Gasteiger partial charge on any atom is 0.220 e. The first-order chi connectivity index (χ1) is 29.2. The Morgan fingerprint density at radius 2 is 0.967 bits per heavy atom. The van der Waals surface area contributed by atoms with Gasteiger partial charge in [-0.25, -0.2) is 0 Å². The maximum atomic E-state index is 13.1. The van der Waals surface area contributed by atoms with E-state index in [1.807, 2.05) is 0 Å². The van der Waals surface area contributed by atoms with Gasteiger partial charge in [-0.1, -0.05) is 188 Å². The first-order valence-corrected chi connectivity index (χ1v) is 25.5. The van der Waals surface area contributed by atoms with Crippen molar-refractivity contribution < 1.29 is 44.9 Å². The Morgan fingerprint density at radius 3 is 1.40 bits per heavy atom. The number of unbranched alkanes of at least 4 members (excludes halogenated alkanes) is 26. The van der Waals surface area contributed by atoms with Crippen LogP contribution in [0.5, 0.6) is 0 Å². The van der Waals surface area contributed by atoms with Gasteiger partial charge in [0.05, 0.1) is 25.4 Å². The molecule has 1 aliphatic rings. The molecule has 7 N–H and O–H groups in total. The molecule has 0 aliphatic carbocycles. The fraction of sp³-hybridized carbons (Fsp3) is 0.980. The molecule has 0 spiro atoms. The zero-order valence-corrected chi connectivity index (χ0v) is 39.1. The number of amides is 1. The van der Waals surface area contributed by atoms with Gasteiger partial charge < -0.3 is 50.3 Å². The van der Waals surface area contributed by atoms with Crippen LogP contribution >= 0.6 is 0 Å². The van der Waals surface area contributed by atoms with Crippen molar-refractivity contribution in [1.29, 1.82) is 0 Å². The molecule has 0 aromatic rings. The van der Waals surface area contributed by atoms with Crippen molar-refractivity contribution in [2.45, 2.75) is 275 Å². The Kier molecular flexibility index (Phi) is 37.8. The second kappa shape index (κ2) is 39.7. The smallest absolute Gasteiger partial charge is 0.220 e. The Hall–Kier alpha value is -0.890. The van der Waals surface area contributed by atoms with Crippen molar-refractivity contribution in [1.82, 2.24) is 10.2 Å². The average molecular weight is 859 g/mol. The third-order valence-electron chi connectivity index (χ3n) is 12.6. The highest BCUT2D eigenvalue weighted by atomic mass is 16.7. The van der Waals surface area contributed by atoms with Crippen LogP contribution in [0.25, 0.3) is 0 Å². The van der Waals surface area contributed by atoms with Crippen molar-refractivity contribution in [2.75, 3.05) is 32.8 Å². The predicted molar refractivity (Wildman–Crippen MR) is 245 cm³/mol. The number of carbonyl (C=O) groups excluding carboxylic acids is 1. The van der Waals surface area contributed by atoms with Gasteiger partial charge in [-0.2, -0.15) is 0 Å². The zero-order valence-electron chi connectivity index (χ0n) is 39.1. The fourth-order valence-electron chi connectivity index (χ4n) is 8.44. The number of ether oxygens (including phenoxy) is 2. The summed E-state index contributed by atoms with van der Waals surface area (Å²) in [6, 6.07) is -0.991. The monoisotopic (exact) mass is 859 g/mol. The lowest BCUT2D eigenvalue weighted by atomic mass is 9.98. The summed E-state index contributed by atoms with van der Waals surface area (Å²) >= 11 is 0. The van der Waals surface area contributed by atoms with Crippen molar-refractivity contribution in [3.8, 4) is 0 Å². The Bertz CT molecular complexity index is 932. The van der Waals surface area contributed by atoms with E-state index in [2.05, 4.69) is 31.0 Å². The lowest BCUT2D eigenvalue weighted by Gasteiger charge is -2.40. The SMILES string of the molecule is CCCCCCCCCCCCCC[C@@H](O)[C@@H](O)[C@H](CO[C@H]1OC(CO)[C@H](O)[C@H](O)[C@H]1O)NC(=O)CCCCCCCCCCN(CCCCCCC)CCCCCCC. The molecule has 11 heteroatoms. The minimum atomic E-state index is -1.61. The molecular weight excluding hydrogens is 761 g/mol. The molecule has 1 rings (SSSR count). The van der Waals surface area contributed by atoms with Gasteiger partial charge in [0.1, 0.15) is 30.5 Å². The number of nitrogens with one attached hydrogen (secondary N) is 1. The average Bonchev–Trinajstić information content (AvgIpc) is 3.25. The molecule has 0 saturated carbocycles. The van der Waals surface area contributed by atoms with Crippen LogP contribution < -0.4 is 5.32 Å². The molecule has 358 valence electrons. The topological polar surface area (TPSA) is 172 Å². The first kappa shape index (κ1) is 57.1. The van der Waals surface area contributed by atoms with Crippen LogP contribution in [0, 0.1) is 0 Å². The normalized spacial score (nSPS) is 21.1. The lowest BCUT2D eigenvalue weighted by molar-refractivity contribution is -0.303. The predicted octanol–water partition coefficient (Wildman–Crippen LogP) is 8.85. The van der Waals surface area contributed by atoms with E-state index in [1.165, 1.54) is 161 Å². The summed E-state index contributed by atoms with van der Waals surface area (Å²) in [4.78, 5) is 15.8. The summed E-state index contributed by atoms with van der Waals surface area (Å²) in [5.74, 6) is -0.255. The Labute approximate surface area is 368 Å². The molecule has 0 aromatic heterocycles. The second-order valence-corrected chi connectivity index (χ2v) is 18.2. The van der Waals surface area contributed by atoms with Gasteiger partial charge in [0.25, 0.3) is 0 Å². The van der Waals surface area contributed by atoms with E-state index in [-0.39, 0.29) is 18.9 Å². The van der Waals surface area contributed by atoms with Gasteiger partial charge in [0.2, 0.25) is 5.91 Å². The highest BCUT2D eigenvalue weighted by molar-refractivity contribution is 5.76. The number of hydrogen-bond donors (Lipinski definition) is 7. The standard InChI is InChI=1S/C49H98N2O9/c1-4-7-10-13-14-15-16-17-18-21-24-29-34-42(53)45(55)41(40-59-49-48(58)47(57)46(56)43(39-52)60-49)50-44(54)35-30-25-22-19-20-23-28-33-38-51(36-31-26-11-8-5-2)37-32-27-12-9-6-3/h41-43,45-49,52-53,55-58H,4-40H2,1-3H3,(H,50,54)/t41-,42+,43?,45-,46-,47-,48+,49-/m0/s1. The largest absolute Gasteiger partial charge is 0.394 e. The maximum absolute atomic E-state index is 13.1. The molecule has 1 saturated heterocycles. The van der Waals surface area contributed by atoms with Crippen LogP contribution in [-0.2, 0) is 14.3 Å². The number of hydrogen-bond acceptors (Lipinski definition) is 10. The summed E-state index contributed by atoms with van der Waals surface area (Å²) < 4.78 is 11.2. The number of aliphatic hydroxyl groups excluding tert-OH is 6. The van der Waals surface area contributed by atoms with E-state index in [9.17, 15) is 35.4 Å². The number of aliphatic hydroxyl groups is 6. The molecule has 1 unspecified atom stereocenters. The van der Waals surface area contributed by atoms with Gasteiger partial charge in [-0.05, 0) is 51.7 Å². The molecule has 1 heterocycles. The Morgan fingerprint density at radius 1 is 0.567 bits per heavy atom. The van der Waals surface area contributed by atoms with Crippen LogP contribution in [-0.4, -0.2) is 123 Å². The van der Waals surface area contributed by atoms with E-state index in [4.69, 9.17) is 9.47 Å². The van der Waals surface area contributed by atoms with Crippen molar-refractivity contribution in [3.05, 3.63) is 0 Å². The third-order valence-corrected chi connectivity index (χ3v) is 12.6. The molecule has 0 bridgehead atoms. The van der Waals surface area contributed by atoms with E-state index in [1.54, 1.807) is 0 Å². The number of rotatable bonds is 43. The van der Waals surface area contributed by atoms with Crippen LogP contribution in [0.1, 0.15) is 226 Å². The number of carbonyl (C=O) groups is 1. The molecule has 1 amide bonds. The van der Waals surface area contributed by atoms with Crippen LogP contribution in [0.3, 0.4) is 0 Å². The quantitative estimate of drug-likeness (QED) is 0.0294. The van der Waals surface area contributed by atoms with Crippen molar-refractivity contribution >= 4 is 5.91 Å². The van der Waals surface area contributed by atoms with Crippen LogP contribution in [0.2, 0.25) is 0 Å². The van der Waals surface area contributed by atoms with E-state index in [0.29, 0.717) is 6.42 Å². The van der Waals surface area contributed by atoms with Crippen molar-refractivity contribution in [2.24, 2.45) is 0 Å². The molecule has 60 heavy (non-hydrogen) atoms. The van der Waals surface area contributed by atoms with Gasteiger partial charge in [-0.3, -0.25) is 4.79 Å². The van der Waals surface area contributed by atoms with Gasteiger partial charge >= 0.3 is 0 Å². The van der Waals surface area contributed by atoms with Gasteiger partial charge in [0.15, 0.2) is 6.29 Å². The zero-order chi connectivity index (χ0) is 44.1. The highest BCUT2D eigenvalue weighted by Gasteiger charge is 2.44.